The summed E-state index contributed by atoms with van der Waals surface area (Å²) >= 11 is 0. The maximum Gasteiger partial charge on any atom is 0.249 e. The number of nitrogens with two attached hydrogens (primary N) is 2. The molecule has 0 saturated carbocycles. The third-order valence-electron chi connectivity index (χ3n) is 5.85. The number of carbonyl (C=O) groups is 4. The van der Waals surface area contributed by atoms with Crippen LogP contribution >= 0.6 is 0 Å². The lowest BCUT2D eigenvalue weighted by Crippen LogP contribution is -2.55. The van der Waals surface area contributed by atoms with Crippen LogP contribution in [0.5, 0.6) is 0 Å². The summed E-state index contributed by atoms with van der Waals surface area (Å²) in [7, 11) is 0. The van der Waals surface area contributed by atoms with Gasteiger partial charge in [0.15, 0.2) is 0 Å². The van der Waals surface area contributed by atoms with Crippen molar-refractivity contribution in [2.75, 3.05) is 52.4 Å². The van der Waals surface area contributed by atoms with Crippen LogP contribution in [0.25, 0.3) is 0 Å². The first-order valence-corrected chi connectivity index (χ1v) is 10.8. The van der Waals surface area contributed by atoms with Crippen molar-refractivity contribution in [3.8, 4) is 0 Å². The van der Waals surface area contributed by atoms with E-state index in [4.69, 9.17) is 11.5 Å². The van der Waals surface area contributed by atoms with Gasteiger partial charge in [0.25, 0.3) is 0 Å². The zero-order valence-electron chi connectivity index (χ0n) is 18.6. The summed E-state index contributed by atoms with van der Waals surface area (Å²) in [5.41, 5.74) is 10.8. The molecule has 10 heteroatoms. The molecule has 2 aliphatic rings. The van der Waals surface area contributed by atoms with Crippen LogP contribution in [0.1, 0.15) is 26.7 Å². The average Bonchev–Trinajstić information content (AvgIpc) is 2.72. The van der Waals surface area contributed by atoms with Crippen molar-refractivity contribution >= 4 is 23.6 Å². The molecule has 2 rings (SSSR count). The average molecular weight is 437 g/mol. The monoisotopic (exact) mass is 436 g/mol. The van der Waals surface area contributed by atoms with E-state index in [-0.39, 0.29) is 55.1 Å². The van der Waals surface area contributed by atoms with Crippen LogP contribution in [0.3, 0.4) is 0 Å². The van der Waals surface area contributed by atoms with E-state index in [0.29, 0.717) is 51.1 Å². The Bertz CT molecular complexity index is 723. The Kier molecular flexibility index (Phi) is 8.58. The van der Waals surface area contributed by atoms with E-state index in [9.17, 15) is 19.2 Å². The van der Waals surface area contributed by atoms with Crippen molar-refractivity contribution < 1.29 is 19.2 Å². The molecule has 31 heavy (non-hydrogen) atoms. The summed E-state index contributed by atoms with van der Waals surface area (Å²) in [6.45, 7) is 10.1. The number of nitrogens with one attached hydrogen (secondary N) is 2. The fourth-order valence-electron chi connectivity index (χ4n) is 4.26. The molecule has 0 aliphatic carbocycles. The molecule has 2 saturated heterocycles. The van der Waals surface area contributed by atoms with Crippen molar-refractivity contribution in [1.29, 1.82) is 0 Å². The molecule has 2 atom stereocenters. The van der Waals surface area contributed by atoms with Gasteiger partial charge in [-0.3, -0.25) is 19.2 Å². The second-order valence-electron chi connectivity index (χ2n) is 8.95. The fraction of sp³-hybridized carbons (Fsp3) is 0.714. The molecule has 2 unspecified atom stereocenters. The van der Waals surface area contributed by atoms with Gasteiger partial charge in [-0.15, -0.1) is 0 Å². The Balaban J connectivity index is 1.90. The Labute approximate surface area is 183 Å². The highest BCUT2D eigenvalue weighted by molar-refractivity contribution is 5.96. The molecule has 2 heterocycles. The lowest BCUT2D eigenvalue weighted by molar-refractivity contribution is -0.149. The summed E-state index contributed by atoms with van der Waals surface area (Å²) < 4.78 is 0. The molecule has 0 aromatic heterocycles. The van der Waals surface area contributed by atoms with E-state index in [0.717, 1.165) is 0 Å². The highest BCUT2D eigenvalue weighted by Gasteiger charge is 2.42. The third-order valence-corrected chi connectivity index (χ3v) is 5.85. The molecule has 0 aromatic carbocycles. The second kappa shape index (κ2) is 10.7. The predicted octanol–water partition coefficient (Wildman–Crippen LogP) is -1.58. The zero-order valence-corrected chi connectivity index (χ0v) is 18.6. The third kappa shape index (κ3) is 6.27. The highest BCUT2D eigenvalue weighted by atomic mass is 16.2. The summed E-state index contributed by atoms with van der Waals surface area (Å²) in [5, 5.41) is 5.63. The second-order valence-corrected chi connectivity index (χ2v) is 8.95. The molecule has 0 spiro atoms. The molecule has 2 aliphatic heterocycles. The Morgan fingerprint density at radius 1 is 1.00 bits per heavy atom. The number of likely N-dealkylation sites (tertiary alicyclic amines) is 2. The molecule has 0 radical (unpaired) electrons. The molecule has 2 fully saturated rings. The van der Waals surface area contributed by atoms with Crippen molar-refractivity contribution in [2.45, 2.75) is 26.7 Å². The van der Waals surface area contributed by atoms with Crippen molar-refractivity contribution in [1.82, 2.24) is 20.4 Å². The standard InChI is InChI=1S/C21H36N6O4/c1-14-10-15(17(28)24-6-4-22)12-26(19(14)30)9-7-25-18(29)16-11-21(2,3)20(31)27(13-16)8-5-23/h15-16H,1,4-13,22-23H2,2-3H3,(H,24,28)(H,25,29). The molecule has 10 nitrogen and oxygen atoms in total. The van der Waals surface area contributed by atoms with Crippen molar-refractivity contribution in [2.24, 2.45) is 28.7 Å². The number of rotatable bonds is 9. The number of hydrogen-bond acceptors (Lipinski definition) is 6. The van der Waals surface area contributed by atoms with E-state index in [2.05, 4.69) is 17.2 Å². The lowest BCUT2D eigenvalue weighted by atomic mass is 9.77. The van der Waals surface area contributed by atoms with Crippen LogP contribution in [0.15, 0.2) is 12.2 Å². The lowest BCUT2D eigenvalue weighted by Gasteiger charge is -2.41. The predicted molar refractivity (Wildman–Crippen MR) is 116 cm³/mol. The number of piperidine rings is 2. The van der Waals surface area contributed by atoms with Gasteiger partial charge in [-0.25, -0.2) is 0 Å². The van der Waals surface area contributed by atoms with Gasteiger partial charge in [-0.2, -0.15) is 0 Å². The number of amides is 4. The normalized spacial score (nSPS) is 23.7. The molecule has 4 amide bonds. The maximum atomic E-state index is 12.7. The minimum Gasteiger partial charge on any atom is -0.355 e. The Hall–Kier alpha value is -2.46. The van der Waals surface area contributed by atoms with Crippen LogP contribution in [-0.4, -0.2) is 85.8 Å². The maximum absolute atomic E-state index is 12.7. The van der Waals surface area contributed by atoms with E-state index in [1.807, 2.05) is 13.8 Å². The number of hydrogen-bond donors (Lipinski definition) is 4. The first-order chi connectivity index (χ1) is 14.6. The van der Waals surface area contributed by atoms with Crippen LogP contribution in [0, 0.1) is 17.3 Å². The van der Waals surface area contributed by atoms with Crippen LogP contribution in [0.2, 0.25) is 0 Å². The first-order valence-electron chi connectivity index (χ1n) is 10.8. The van der Waals surface area contributed by atoms with Crippen molar-refractivity contribution in [3.63, 3.8) is 0 Å². The number of nitrogens with zero attached hydrogens (tertiary/aromatic N) is 2. The highest BCUT2D eigenvalue weighted by Crippen LogP contribution is 2.33. The Morgan fingerprint density at radius 2 is 1.61 bits per heavy atom. The minimum atomic E-state index is -0.625. The smallest absolute Gasteiger partial charge is 0.249 e. The Morgan fingerprint density at radius 3 is 2.26 bits per heavy atom. The van der Waals surface area contributed by atoms with Gasteiger partial charge in [0, 0.05) is 63.3 Å². The van der Waals surface area contributed by atoms with E-state index in [1.165, 1.54) is 0 Å². The van der Waals surface area contributed by atoms with Gasteiger partial charge in [0.2, 0.25) is 23.6 Å². The molecular formula is C21H36N6O4. The molecule has 6 N–H and O–H groups in total. The topological polar surface area (TPSA) is 151 Å². The van der Waals surface area contributed by atoms with Gasteiger partial charge in [-0.1, -0.05) is 20.4 Å². The van der Waals surface area contributed by atoms with Crippen molar-refractivity contribution in [3.05, 3.63) is 12.2 Å². The van der Waals surface area contributed by atoms with Crippen LogP contribution in [-0.2, 0) is 19.2 Å². The summed E-state index contributed by atoms with van der Waals surface area (Å²) in [5.74, 6) is -1.19. The van der Waals surface area contributed by atoms with E-state index >= 15 is 0 Å². The van der Waals surface area contributed by atoms with Crippen LogP contribution in [0.4, 0.5) is 0 Å². The van der Waals surface area contributed by atoms with Gasteiger partial charge in [0.05, 0.1) is 11.8 Å². The van der Waals surface area contributed by atoms with Gasteiger partial charge >= 0.3 is 0 Å². The zero-order chi connectivity index (χ0) is 23.2. The largest absolute Gasteiger partial charge is 0.355 e. The molecule has 0 bridgehead atoms. The summed E-state index contributed by atoms with van der Waals surface area (Å²) in [4.78, 5) is 53.1. The van der Waals surface area contributed by atoms with Gasteiger partial charge < -0.3 is 31.9 Å². The SMILES string of the molecule is C=C1CC(C(=O)NCCN)CN(CCNC(=O)C2CN(CCN)C(=O)C(C)(C)C2)C1=O. The van der Waals surface area contributed by atoms with Gasteiger partial charge in [-0.05, 0) is 12.8 Å². The van der Waals surface area contributed by atoms with Gasteiger partial charge in [0.1, 0.15) is 0 Å². The molecular weight excluding hydrogens is 400 g/mol. The fourth-order valence-corrected chi connectivity index (χ4v) is 4.26. The minimum absolute atomic E-state index is 0.0124. The first kappa shape index (κ1) is 24.8. The van der Waals surface area contributed by atoms with E-state index in [1.54, 1.807) is 9.80 Å². The molecule has 0 aromatic rings. The summed E-state index contributed by atoms with van der Waals surface area (Å²) in [6, 6.07) is 0. The molecule has 174 valence electrons. The van der Waals surface area contributed by atoms with E-state index < -0.39 is 5.41 Å². The summed E-state index contributed by atoms with van der Waals surface area (Å²) in [6.07, 6.45) is 0.780. The van der Waals surface area contributed by atoms with Crippen LogP contribution < -0.4 is 22.1 Å². The number of carbonyl (C=O) groups excluding carboxylic acids is 4. The quantitative estimate of drug-likeness (QED) is 0.320.